The van der Waals surface area contributed by atoms with E-state index in [4.69, 9.17) is 65.5 Å². The van der Waals surface area contributed by atoms with Crippen molar-refractivity contribution < 1.29 is 104 Å². The Morgan fingerprint density at radius 2 is 1.14 bits per heavy atom. The van der Waals surface area contributed by atoms with E-state index in [1.54, 1.807) is 67.4 Å². The number of carbonyl (C=O) groups excluding carboxylic acids is 3. The number of rotatable bonds is 14. The number of ether oxygens (including phenoxy) is 7. The fourth-order valence-corrected chi connectivity index (χ4v) is 5.26. The largest absolute Gasteiger partial charge is 0.468 e. The Morgan fingerprint density at radius 1 is 0.713 bits per heavy atom. The maximum Gasteiger partial charge on any atom is 0.458 e. The monoisotopic (exact) mass is 1670 g/mol. The van der Waals surface area contributed by atoms with E-state index in [9.17, 15) is 44.8 Å². The van der Waals surface area contributed by atoms with Crippen molar-refractivity contribution >= 4 is 76.3 Å². The first-order chi connectivity index (χ1) is 48.2. The maximum atomic E-state index is 13.2. The topological polar surface area (TPSA) is 295 Å². The van der Waals surface area contributed by atoms with E-state index in [1.165, 1.54) is 35.4 Å². The quantitative estimate of drug-likeness (QED) is 0.0136. The van der Waals surface area contributed by atoms with E-state index in [1.807, 2.05) is 113 Å². The smallest absolute Gasteiger partial charge is 0.458 e. The highest BCUT2D eigenvalue weighted by molar-refractivity contribution is 9.09. The molecule has 13 N–H and O–H groups in total. The predicted octanol–water partition coefficient (Wildman–Crippen LogP) is 22.1. The number of carbonyl (C=O) groups is 3. The number of hydrogen-bond donors (Lipinski definition) is 10. The van der Waals surface area contributed by atoms with Crippen molar-refractivity contribution in [3.05, 3.63) is 107 Å². The van der Waals surface area contributed by atoms with Crippen LogP contribution in [0.3, 0.4) is 0 Å². The summed E-state index contributed by atoms with van der Waals surface area (Å²) in [5.74, 6) is 10.4. The molecule has 0 bridgehead atoms. The average molecular weight is 1670 g/mol. The van der Waals surface area contributed by atoms with Gasteiger partial charge in [0.15, 0.2) is 17.5 Å². The molecule has 638 valence electrons. The summed E-state index contributed by atoms with van der Waals surface area (Å²) in [5, 5.41) is 34.0. The number of thiocarbonyl (C=S) groups is 1. The number of aliphatic hydroxyl groups excluding tert-OH is 3. The summed E-state index contributed by atoms with van der Waals surface area (Å²) in [5.41, 5.74) is 2.92. The molecule has 5 rings (SSSR count). The summed E-state index contributed by atoms with van der Waals surface area (Å²) in [6, 6.07) is 17.5. The first-order valence-electron chi connectivity index (χ1n) is 32.4. The number of terminal acetylenes is 1. The van der Waals surface area contributed by atoms with Gasteiger partial charge in [-0.05, 0) is 185 Å². The number of hydrogen-bond acceptors (Lipinski definition) is 18. The van der Waals surface area contributed by atoms with Crippen LogP contribution in [0.25, 0.3) is 0 Å². The lowest BCUT2D eigenvalue weighted by atomic mass is 9.93. The second-order valence-electron chi connectivity index (χ2n) is 21.6. The number of halogens is 9. The number of thiol groups is 1. The van der Waals surface area contributed by atoms with Crippen molar-refractivity contribution in [3.8, 4) is 59.7 Å². The first-order valence-corrected chi connectivity index (χ1v) is 34.3. The Balaban J connectivity index is -0.0000000500. The van der Waals surface area contributed by atoms with Gasteiger partial charge in [-0.25, -0.2) is 27.2 Å². The Morgan fingerprint density at radius 3 is 1.46 bits per heavy atom. The zero-order valence-electron chi connectivity index (χ0n) is 65.7. The lowest BCUT2D eigenvalue weighted by molar-refractivity contribution is -0.0980. The van der Waals surface area contributed by atoms with Crippen LogP contribution in [0.15, 0.2) is 78.2 Å². The summed E-state index contributed by atoms with van der Waals surface area (Å²) < 4.78 is 131. The molecular formula is C78H143BrF8N6O13S2. The predicted molar refractivity (Wildman–Crippen MR) is 450 cm³/mol. The molecule has 1 heterocycles. The minimum atomic E-state index is -4.48. The third kappa shape index (κ3) is 117. The minimum Gasteiger partial charge on any atom is -0.468 e. The fraction of sp³-hybridized carbons (Fsp3) is 0.564. The van der Waals surface area contributed by atoms with Crippen LogP contribution in [0, 0.1) is 101 Å². The molecule has 0 radical (unpaired) electrons. The molecule has 108 heavy (non-hydrogen) atoms. The Hall–Kier alpha value is -7.51. The standard InChI is InChI=1S/C10H10F3NOS.C10H12FNO2.C10H14O.C7HF3S.C6H13NO2.C6H8O2.C5H11BrO.C4H10O.C4H10.C3H8O.C3H4O.C2H6FN.C2H6.C2H2.CH2O.3CH4.2H3N.4H2/c1-5(2)15-10(16)14-7-4-3-6(11)8(12)9(7)13;1-7(2)14-10(13)12-9-5-3-8(11)4-6-9;1-9(2)11-8-10-6-4-3-5-7-10;8-7(9,10)5-3-1-2-4-6-11;1-4-7-6(8)9-5(2)3;1-4-2-5-6(4)8-3-7-5;1-5(2)7-4-3-6;1-4(2)3-5;1-4(2)3;1-3(2)4;1-2-3-4;1-2-4-3;3*1-2;;;;;;;;;/h3-5H,1-2H3,(H,14,16);3-7H,1-2H3,(H,12,13);3-7,9H,8H2,1-2H3;11H;5H,4H2,1-3H3,(H,7,8);4H,2-3H2,1H3;5H,3-4H2,1-2H3;4-5H,3H2,1-2H3;4H,1-3H3;3-4H,1-2H3;4H,1H3;4H,2H2,1H3;1-2H3;1-2H;1H2;3*1H4;2*1H3;4*1H. The lowest BCUT2D eigenvalue weighted by Crippen LogP contribution is -2.26. The number of allylic oxidation sites excluding steroid dienone is 2. The fourth-order valence-electron chi connectivity index (χ4n) is 4.71. The molecule has 0 spiro atoms. The minimum absolute atomic E-state index is 0. The molecule has 0 fully saturated rings. The molecule has 1 atom stereocenters. The summed E-state index contributed by atoms with van der Waals surface area (Å²) in [6.45, 7) is 49.2. The molecule has 30 heteroatoms. The van der Waals surface area contributed by atoms with Gasteiger partial charge >= 0.3 is 18.4 Å². The third-order valence-electron chi connectivity index (χ3n) is 8.39. The van der Waals surface area contributed by atoms with E-state index < -0.39 is 29.7 Å². The Kier molecular flexibility index (Phi) is 123. The van der Waals surface area contributed by atoms with Gasteiger partial charge in [-0.2, -0.15) is 18.7 Å². The van der Waals surface area contributed by atoms with Crippen LogP contribution in [-0.4, -0.2) is 121 Å². The Bertz CT molecular complexity index is 2830. The Labute approximate surface area is 671 Å². The van der Waals surface area contributed by atoms with Gasteiger partial charge < -0.3 is 76.2 Å². The molecule has 2 aliphatic rings. The second kappa shape index (κ2) is 97.5. The van der Waals surface area contributed by atoms with Crippen LogP contribution in [0.1, 0.15) is 199 Å². The van der Waals surface area contributed by atoms with Gasteiger partial charge in [0.25, 0.3) is 5.17 Å². The zero-order chi connectivity index (χ0) is 82.5. The number of alkyl carbamates (subject to hydrolysis) is 1. The molecule has 19 nitrogen and oxygen atoms in total. The molecule has 1 aliphatic heterocycles. The van der Waals surface area contributed by atoms with E-state index in [0.717, 1.165) is 60.5 Å². The molecular weight excluding hydrogens is 1520 g/mol. The second-order valence-corrected chi connectivity index (χ2v) is 23.0. The molecule has 0 saturated carbocycles. The number of benzene rings is 3. The number of aliphatic hydroxyl groups is 3. The van der Waals surface area contributed by atoms with Crippen molar-refractivity contribution in [1.82, 2.24) is 23.2 Å². The van der Waals surface area contributed by atoms with Crippen LogP contribution in [0.5, 0.6) is 0 Å². The van der Waals surface area contributed by atoms with Gasteiger partial charge in [-0.1, -0.05) is 149 Å². The van der Waals surface area contributed by atoms with Crippen molar-refractivity contribution in [3.63, 3.8) is 0 Å². The van der Waals surface area contributed by atoms with Crippen LogP contribution in [0.4, 0.5) is 56.2 Å². The lowest BCUT2D eigenvalue weighted by Gasteiger charge is -2.19. The molecule has 3 aromatic carbocycles. The average Bonchev–Trinajstić information content (AvgIpc) is 1.48. The van der Waals surface area contributed by atoms with Crippen molar-refractivity contribution in [2.24, 2.45) is 17.8 Å². The van der Waals surface area contributed by atoms with Gasteiger partial charge in [0.05, 0.1) is 49.4 Å². The molecule has 0 saturated heterocycles. The number of nitrogens with one attached hydrogen (secondary N) is 4. The van der Waals surface area contributed by atoms with Crippen molar-refractivity contribution in [2.75, 3.05) is 49.1 Å². The third-order valence-corrected chi connectivity index (χ3v) is 9.02. The van der Waals surface area contributed by atoms with E-state index >= 15 is 0 Å². The summed E-state index contributed by atoms with van der Waals surface area (Å²) in [4.78, 5) is 29.6. The van der Waals surface area contributed by atoms with Gasteiger partial charge in [-0.15, -0.1) is 17.3 Å². The molecule has 3 aromatic rings. The number of alkyl halides is 4. The summed E-state index contributed by atoms with van der Waals surface area (Å²) in [7, 11) is 0. The molecule has 1 unspecified atom stereocenters. The van der Waals surface area contributed by atoms with Crippen LogP contribution < -0.4 is 33.8 Å². The highest BCUT2D eigenvalue weighted by Gasteiger charge is 2.33. The van der Waals surface area contributed by atoms with Crippen LogP contribution in [-0.2, 0) is 44.6 Å². The van der Waals surface area contributed by atoms with E-state index in [0.29, 0.717) is 56.2 Å². The highest BCUT2D eigenvalue weighted by Crippen LogP contribution is 2.39. The van der Waals surface area contributed by atoms with Crippen LogP contribution in [0.2, 0.25) is 0 Å². The number of anilines is 2. The van der Waals surface area contributed by atoms with Gasteiger partial charge in [-0.3, -0.25) is 5.32 Å². The normalized spacial score (nSPS) is 10.2. The van der Waals surface area contributed by atoms with Crippen LogP contribution >= 0.6 is 40.8 Å². The van der Waals surface area contributed by atoms with Gasteiger partial charge in [0.1, 0.15) is 30.2 Å². The van der Waals surface area contributed by atoms with E-state index in [2.05, 4.69) is 114 Å². The zero-order valence-corrected chi connectivity index (χ0v) is 69.0. The van der Waals surface area contributed by atoms with Gasteiger partial charge in [0.2, 0.25) is 6.79 Å². The highest BCUT2D eigenvalue weighted by atomic mass is 79.9. The maximum absolute atomic E-state index is 13.2. The van der Waals surface area contributed by atoms with E-state index in [-0.39, 0.29) is 87.5 Å². The SMILES string of the molecule is C.C.C.C#C.C=O.CC.CC#CO.CC(C)C.CC(C)CO.CC(C)O.CC(C)OC(=O)Nc1ccc(F)cc1.CC(C)OC(=S)Nc1ccc(F)c(F)c1F.CC(C)OCCBr.CC(C)OCc1ccccc1.CC1CC2=C1OCO2.CCNC(=O)OC(C)C.CCNF.FC(F)(F)C#CC#CC#CS.N.N.[HH].[HH].[HH].[HH]. The summed E-state index contributed by atoms with van der Waals surface area (Å²) in [6.07, 6.45) is 5.53. The first kappa shape index (κ1) is 136. The van der Waals surface area contributed by atoms with Crippen molar-refractivity contribution in [2.45, 2.75) is 237 Å². The molecule has 2 amide bonds. The van der Waals surface area contributed by atoms with Gasteiger partial charge in [0, 0.05) is 67.7 Å². The van der Waals surface area contributed by atoms with Crippen molar-refractivity contribution in [1.29, 1.82) is 0 Å². The number of amides is 2. The summed E-state index contributed by atoms with van der Waals surface area (Å²) >= 11 is 11.4. The molecule has 0 aromatic heterocycles. The molecule has 1 aliphatic carbocycles.